The van der Waals surface area contributed by atoms with E-state index in [-0.39, 0.29) is 20.0 Å². The molecule has 9 heteroatoms. The average molecular weight is 511 g/mol. The largest absolute Gasteiger partial charge is 0.472 e. The molecule has 0 amide bonds. The molecule has 0 radical (unpaired) electrons. The number of phosphoric ester groups is 1. The zero-order chi connectivity index (χ0) is 25.2. The van der Waals surface area contributed by atoms with Crippen LogP contribution in [0.4, 0.5) is 0 Å². The summed E-state index contributed by atoms with van der Waals surface area (Å²) in [7, 11) is 1.84. The molecular formula is C25H53NO7P+. The second-order valence-electron chi connectivity index (χ2n) is 10.8. The molecule has 1 fully saturated rings. The molecule has 0 aromatic carbocycles. The SMILES string of the molecule is CCCCCCCCCCCCCCOCC1(COP(=O)(O)OCC[N+](C)(C)C)COCOC1. The molecular weight excluding hydrogens is 457 g/mol. The van der Waals surface area contributed by atoms with Crippen molar-refractivity contribution < 1.29 is 37.2 Å². The maximum absolute atomic E-state index is 12.3. The summed E-state index contributed by atoms with van der Waals surface area (Å²) in [4.78, 5) is 10.0. The van der Waals surface area contributed by atoms with E-state index < -0.39 is 13.2 Å². The van der Waals surface area contributed by atoms with Crippen molar-refractivity contribution >= 4 is 7.82 Å². The van der Waals surface area contributed by atoms with Crippen LogP contribution in [0.1, 0.15) is 84.0 Å². The Bertz CT molecular complexity index is 536. The third kappa shape index (κ3) is 17.4. The number of hydrogen-bond donors (Lipinski definition) is 1. The highest BCUT2D eigenvalue weighted by Crippen LogP contribution is 2.45. The van der Waals surface area contributed by atoms with Crippen LogP contribution in [-0.2, 0) is 27.8 Å². The van der Waals surface area contributed by atoms with Gasteiger partial charge in [0.15, 0.2) is 0 Å². The molecule has 1 rings (SSSR count). The van der Waals surface area contributed by atoms with Gasteiger partial charge in [-0.15, -0.1) is 0 Å². The molecule has 1 aliphatic heterocycles. The average Bonchev–Trinajstić information content (AvgIpc) is 2.78. The third-order valence-corrected chi connectivity index (χ3v) is 7.05. The minimum Gasteiger partial charge on any atom is -0.381 e. The molecule has 1 saturated heterocycles. The van der Waals surface area contributed by atoms with Crippen molar-refractivity contribution in [3.63, 3.8) is 0 Å². The van der Waals surface area contributed by atoms with Crippen molar-refractivity contribution in [2.75, 3.05) is 74.1 Å². The molecule has 1 aliphatic rings. The Morgan fingerprint density at radius 2 is 1.32 bits per heavy atom. The molecule has 34 heavy (non-hydrogen) atoms. The molecule has 0 saturated carbocycles. The van der Waals surface area contributed by atoms with Gasteiger partial charge in [0.05, 0.1) is 53.0 Å². The van der Waals surface area contributed by atoms with E-state index in [4.69, 9.17) is 23.3 Å². The molecule has 0 aromatic heterocycles. The van der Waals surface area contributed by atoms with Crippen LogP contribution < -0.4 is 0 Å². The van der Waals surface area contributed by atoms with Crippen molar-refractivity contribution in [2.45, 2.75) is 84.0 Å². The molecule has 1 atom stereocenters. The Balaban J connectivity index is 2.15. The standard InChI is InChI=1S/C25H52NO7P/c1-5-6-7-8-9-10-11-12-13-14-15-16-18-29-20-25(21-30-24-31-22-25)23-33-34(27,28)32-19-17-26(2,3)4/h5-24H2,1-4H3/p+1. The fraction of sp³-hybridized carbons (Fsp3) is 1.00. The number of phosphoric acid groups is 1. The fourth-order valence-corrected chi connectivity index (χ4v) is 4.67. The van der Waals surface area contributed by atoms with Crippen molar-refractivity contribution in [1.29, 1.82) is 0 Å². The second kappa shape index (κ2) is 18.2. The molecule has 1 unspecified atom stereocenters. The molecule has 1 N–H and O–H groups in total. The Morgan fingerprint density at radius 1 is 0.794 bits per heavy atom. The van der Waals surface area contributed by atoms with Crippen molar-refractivity contribution in [3.8, 4) is 0 Å². The van der Waals surface area contributed by atoms with Crippen LogP contribution in [0.15, 0.2) is 0 Å². The first-order chi connectivity index (χ1) is 16.2. The van der Waals surface area contributed by atoms with E-state index in [0.29, 0.717) is 37.5 Å². The number of quaternary nitrogens is 1. The molecule has 204 valence electrons. The summed E-state index contributed by atoms with van der Waals surface area (Å²) in [6.45, 7) is 4.98. The lowest BCUT2D eigenvalue weighted by Gasteiger charge is -2.36. The number of likely N-dealkylation sites (N-methyl/N-ethyl adjacent to an activating group) is 1. The van der Waals surface area contributed by atoms with E-state index in [2.05, 4.69) is 6.92 Å². The van der Waals surface area contributed by atoms with Crippen LogP contribution >= 0.6 is 7.82 Å². The van der Waals surface area contributed by atoms with Gasteiger partial charge in [-0.25, -0.2) is 4.57 Å². The lowest BCUT2D eigenvalue weighted by Crippen LogP contribution is -2.45. The maximum atomic E-state index is 12.3. The van der Waals surface area contributed by atoms with Gasteiger partial charge in [-0.2, -0.15) is 0 Å². The number of nitrogens with zero attached hydrogens (tertiary/aromatic N) is 1. The Kier molecular flexibility index (Phi) is 17.1. The normalized spacial score (nSPS) is 18.1. The highest BCUT2D eigenvalue weighted by atomic mass is 31.2. The summed E-state index contributed by atoms with van der Waals surface area (Å²) in [5.74, 6) is 0. The van der Waals surface area contributed by atoms with Crippen LogP contribution in [0.5, 0.6) is 0 Å². The van der Waals surface area contributed by atoms with Crippen LogP contribution in [-0.4, -0.2) is 83.5 Å². The number of ether oxygens (including phenoxy) is 3. The zero-order valence-corrected chi connectivity index (χ0v) is 23.3. The fourth-order valence-electron chi connectivity index (χ4n) is 3.84. The van der Waals surface area contributed by atoms with Gasteiger partial charge in [-0.3, -0.25) is 9.05 Å². The van der Waals surface area contributed by atoms with E-state index >= 15 is 0 Å². The van der Waals surface area contributed by atoms with Crippen LogP contribution in [0.2, 0.25) is 0 Å². The summed E-state index contributed by atoms with van der Waals surface area (Å²) < 4.78 is 40.1. The number of unbranched alkanes of at least 4 members (excludes halogenated alkanes) is 11. The van der Waals surface area contributed by atoms with E-state index in [1.54, 1.807) is 0 Å². The Labute approximate surface area is 208 Å². The van der Waals surface area contributed by atoms with E-state index in [1.165, 1.54) is 70.6 Å². The number of rotatable bonds is 22. The summed E-state index contributed by atoms with van der Waals surface area (Å²) in [5.41, 5.74) is -0.600. The first-order valence-electron chi connectivity index (χ1n) is 13.3. The van der Waals surface area contributed by atoms with Gasteiger partial charge in [0.25, 0.3) is 0 Å². The van der Waals surface area contributed by atoms with E-state index in [0.717, 1.165) is 6.42 Å². The Morgan fingerprint density at radius 3 is 1.85 bits per heavy atom. The van der Waals surface area contributed by atoms with Crippen LogP contribution in [0, 0.1) is 5.41 Å². The number of hydrogen-bond acceptors (Lipinski definition) is 6. The van der Waals surface area contributed by atoms with Gasteiger partial charge < -0.3 is 23.6 Å². The van der Waals surface area contributed by atoms with Gasteiger partial charge in [0, 0.05) is 6.61 Å². The topological polar surface area (TPSA) is 83.5 Å². The molecule has 0 spiro atoms. The smallest absolute Gasteiger partial charge is 0.381 e. The van der Waals surface area contributed by atoms with Crippen LogP contribution in [0.3, 0.4) is 0 Å². The molecule has 0 aliphatic carbocycles. The predicted octanol–water partition coefficient (Wildman–Crippen LogP) is 5.53. The van der Waals surface area contributed by atoms with Crippen molar-refractivity contribution in [1.82, 2.24) is 0 Å². The second-order valence-corrected chi connectivity index (χ2v) is 12.3. The Hall–Kier alpha value is -0.0500. The summed E-state index contributed by atoms with van der Waals surface area (Å²) >= 11 is 0. The summed E-state index contributed by atoms with van der Waals surface area (Å²) in [6.07, 6.45) is 15.7. The maximum Gasteiger partial charge on any atom is 0.472 e. The first-order valence-corrected chi connectivity index (χ1v) is 14.8. The highest BCUT2D eigenvalue weighted by molar-refractivity contribution is 7.47. The molecule has 1 heterocycles. The minimum atomic E-state index is -4.14. The lowest BCUT2D eigenvalue weighted by atomic mass is 9.92. The monoisotopic (exact) mass is 510 g/mol. The minimum absolute atomic E-state index is 0.0103. The van der Waals surface area contributed by atoms with Gasteiger partial charge in [0.1, 0.15) is 19.9 Å². The van der Waals surface area contributed by atoms with Gasteiger partial charge in [-0.05, 0) is 6.42 Å². The van der Waals surface area contributed by atoms with E-state index in [9.17, 15) is 9.46 Å². The van der Waals surface area contributed by atoms with Gasteiger partial charge >= 0.3 is 7.82 Å². The molecule has 0 aromatic rings. The first kappa shape index (κ1) is 32.0. The van der Waals surface area contributed by atoms with E-state index in [1.807, 2.05) is 21.1 Å². The van der Waals surface area contributed by atoms with Crippen molar-refractivity contribution in [3.05, 3.63) is 0 Å². The summed E-state index contributed by atoms with van der Waals surface area (Å²) in [6, 6.07) is 0. The van der Waals surface area contributed by atoms with Gasteiger partial charge in [0.2, 0.25) is 0 Å². The van der Waals surface area contributed by atoms with Crippen LogP contribution in [0.25, 0.3) is 0 Å². The highest BCUT2D eigenvalue weighted by Gasteiger charge is 2.38. The quantitative estimate of drug-likeness (QED) is 0.116. The molecule has 0 bridgehead atoms. The van der Waals surface area contributed by atoms with Gasteiger partial charge in [-0.1, -0.05) is 77.6 Å². The third-order valence-electron chi connectivity index (χ3n) is 6.08. The summed E-state index contributed by atoms with van der Waals surface area (Å²) in [5, 5.41) is 0. The lowest BCUT2D eigenvalue weighted by molar-refractivity contribution is -0.870. The predicted molar refractivity (Wildman–Crippen MR) is 136 cm³/mol. The van der Waals surface area contributed by atoms with Crippen molar-refractivity contribution in [2.24, 2.45) is 5.41 Å². The zero-order valence-electron chi connectivity index (χ0n) is 22.4. The molecule has 8 nitrogen and oxygen atoms in total.